The number of hydrogen-bond acceptors (Lipinski definition) is 4. The second-order valence-electron chi connectivity index (χ2n) is 4.24. The lowest BCUT2D eigenvalue weighted by molar-refractivity contribution is -0.123. The molecule has 22 heavy (non-hydrogen) atoms. The molecule has 114 valence electrons. The Morgan fingerprint density at radius 1 is 1.32 bits per heavy atom. The quantitative estimate of drug-likeness (QED) is 0.397. The lowest BCUT2D eigenvalue weighted by Crippen LogP contribution is -2.24. The molecule has 0 aliphatic rings. The molecular weight excluding hydrogens is 463 g/mol. The van der Waals surface area contributed by atoms with Crippen molar-refractivity contribution in [1.82, 2.24) is 5.43 Å². The molecule has 0 radical (unpaired) electrons. The van der Waals surface area contributed by atoms with Crippen LogP contribution in [-0.4, -0.2) is 23.8 Å². The lowest BCUT2D eigenvalue weighted by Gasteiger charge is -2.05. The van der Waals surface area contributed by atoms with E-state index in [-0.39, 0.29) is 18.3 Å². The topological polar surface area (TPSA) is 70.9 Å². The highest BCUT2D eigenvalue weighted by atomic mass is 127. The van der Waals surface area contributed by atoms with Crippen LogP contribution in [0.3, 0.4) is 0 Å². The van der Waals surface area contributed by atoms with Gasteiger partial charge in [-0.2, -0.15) is 5.10 Å². The number of carbonyl (C=O) groups excluding carboxylic acids is 1. The molecule has 5 nitrogen and oxygen atoms in total. The first-order valence-corrected chi connectivity index (χ1v) is 8.10. The molecule has 0 heterocycles. The second kappa shape index (κ2) is 8.14. The van der Waals surface area contributed by atoms with E-state index in [4.69, 9.17) is 4.74 Å². The smallest absolute Gasteiger partial charge is 0.277 e. The number of carbonyl (C=O) groups is 1. The van der Waals surface area contributed by atoms with Crippen LogP contribution in [0.25, 0.3) is 0 Å². The zero-order valence-corrected chi connectivity index (χ0v) is 15.0. The van der Waals surface area contributed by atoms with Crippen LogP contribution in [0.15, 0.2) is 52.0 Å². The van der Waals surface area contributed by atoms with Crippen molar-refractivity contribution in [3.8, 4) is 11.5 Å². The van der Waals surface area contributed by atoms with Gasteiger partial charge in [0.1, 0.15) is 11.5 Å². The van der Waals surface area contributed by atoms with E-state index in [2.05, 4.69) is 49.0 Å². The minimum Gasteiger partial charge on any atom is -0.507 e. The molecule has 2 aromatic rings. The number of hydrazone groups is 1. The molecule has 2 aromatic carbocycles. The molecule has 7 heteroatoms. The van der Waals surface area contributed by atoms with Gasteiger partial charge >= 0.3 is 0 Å². The minimum atomic E-state index is -0.385. The summed E-state index contributed by atoms with van der Waals surface area (Å²) in [5, 5.41) is 13.4. The lowest BCUT2D eigenvalue weighted by atomic mass is 10.2. The minimum absolute atomic E-state index is 0.0799. The maximum Gasteiger partial charge on any atom is 0.277 e. The monoisotopic (exact) mass is 474 g/mol. The number of hydrogen-bond donors (Lipinski definition) is 2. The van der Waals surface area contributed by atoms with Crippen LogP contribution in [-0.2, 0) is 4.79 Å². The summed E-state index contributed by atoms with van der Waals surface area (Å²) in [6.45, 7) is -0.137. The zero-order valence-electron chi connectivity index (χ0n) is 11.3. The third-order valence-corrected chi connectivity index (χ3v) is 3.78. The summed E-state index contributed by atoms with van der Waals surface area (Å²) in [7, 11) is 0. The molecule has 0 fully saturated rings. The third kappa shape index (κ3) is 5.30. The van der Waals surface area contributed by atoms with Gasteiger partial charge in [0.15, 0.2) is 6.61 Å². The van der Waals surface area contributed by atoms with Crippen LogP contribution in [0.2, 0.25) is 0 Å². The van der Waals surface area contributed by atoms with E-state index < -0.39 is 0 Å². The van der Waals surface area contributed by atoms with Gasteiger partial charge < -0.3 is 9.84 Å². The van der Waals surface area contributed by atoms with Crippen LogP contribution in [0.4, 0.5) is 0 Å². The predicted molar refractivity (Wildman–Crippen MR) is 96.2 cm³/mol. The molecule has 2 rings (SSSR count). The number of phenols is 1. The first-order valence-electron chi connectivity index (χ1n) is 6.23. The largest absolute Gasteiger partial charge is 0.507 e. The maximum absolute atomic E-state index is 11.6. The standard InChI is InChI=1S/C15H12BrIN2O3/c16-11-1-6-14(20)10(7-11)8-18-19-15(21)9-22-13-4-2-12(17)3-5-13/h1-8,20H,9H2,(H,19,21)/b18-8-. The van der Waals surface area contributed by atoms with E-state index in [0.29, 0.717) is 11.3 Å². The summed E-state index contributed by atoms with van der Waals surface area (Å²) < 4.78 is 7.22. The average Bonchev–Trinajstić information content (AvgIpc) is 2.50. The second-order valence-corrected chi connectivity index (χ2v) is 6.40. The Kier molecular flexibility index (Phi) is 6.20. The third-order valence-electron chi connectivity index (χ3n) is 2.57. The van der Waals surface area contributed by atoms with Gasteiger partial charge in [0.2, 0.25) is 0 Å². The van der Waals surface area contributed by atoms with E-state index in [0.717, 1.165) is 8.04 Å². The van der Waals surface area contributed by atoms with E-state index in [1.807, 2.05) is 12.1 Å². The van der Waals surface area contributed by atoms with Crippen molar-refractivity contribution in [1.29, 1.82) is 0 Å². The summed E-state index contributed by atoms with van der Waals surface area (Å²) in [6.07, 6.45) is 1.36. The Balaban J connectivity index is 1.83. The number of benzene rings is 2. The van der Waals surface area contributed by atoms with Gasteiger partial charge in [0.25, 0.3) is 5.91 Å². The van der Waals surface area contributed by atoms with Gasteiger partial charge in [0, 0.05) is 13.6 Å². The molecule has 0 atom stereocenters. The number of aromatic hydroxyl groups is 1. The highest BCUT2D eigenvalue weighted by Gasteiger charge is 2.02. The molecule has 0 aliphatic heterocycles. The number of nitrogens with one attached hydrogen (secondary N) is 1. The summed E-state index contributed by atoms with van der Waals surface area (Å²) in [6, 6.07) is 12.3. The molecule has 0 spiro atoms. The zero-order chi connectivity index (χ0) is 15.9. The van der Waals surface area contributed by atoms with E-state index in [1.165, 1.54) is 12.3 Å². The van der Waals surface area contributed by atoms with Gasteiger partial charge in [-0.3, -0.25) is 4.79 Å². The van der Waals surface area contributed by atoms with Crippen LogP contribution < -0.4 is 10.2 Å². The molecule has 0 bridgehead atoms. The molecule has 0 aromatic heterocycles. The van der Waals surface area contributed by atoms with E-state index in [1.54, 1.807) is 24.3 Å². The van der Waals surface area contributed by atoms with Crippen molar-refractivity contribution < 1.29 is 14.6 Å². The SMILES string of the molecule is O=C(COc1ccc(I)cc1)N/N=C\c1cc(Br)ccc1O. The van der Waals surface area contributed by atoms with Gasteiger partial charge in [-0.05, 0) is 65.1 Å². The number of phenolic OH excluding ortho intramolecular Hbond substituents is 1. The molecule has 1 amide bonds. The van der Waals surface area contributed by atoms with E-state index in [9.17, 15) is 9.90 Å². The number of nitrogens with zero attached hydrogens (tertiary/aromatic N) is 1. The Hall–Kier alpha value is -1.61. The van der Waals surface area contributed by atoms with Crippen molar-refractivity contribution in [3.05, 3.63) is 56.1 Å². The Morgan fingerprint density at radius 2 is 2.05 bits per heavy atom. The first kappa shape index (κ1) is 16.8. The number of rotatable bonds is 5. The van der Waals surface area contributed by atoms with Crippen molar-refractivity contribution in [3.63, 3.8) is 0 Å². The van der Waals surface area contributed by atoms with Crippen molar-refractivity contribution in [2.75, 3.05) is 6.61 Å². The Labute approximate surface area is 149 Å². The highest BCUT2D eigenvalue weighted by molar-refractivity contribution is 14.1. The van der Waals surface area contributed by atoms with Gasteiger partial charge in [-0.15, -0.1) is 0 Å². The van der Waals surface area contributed by atoms with Crippen LogP contribution in [0, 0.1) is 3.57 Å². The van der Waals surface area contributed by atoms with Gasteiger partial charge in [-0.1, -0.05) is 15.9 Å². The Morgan fingerprint density at radius 3 is 2.77 bits per heavy atom. The van der Waals surface area contributed by atoms with Crippen LogP contribution in [0.5, 0.6) is 11.5 Å². The van der Waals surface area contributed by atoms with E-state index >= 15 is 0 Å². The van der Waals surface area contributed by atoms with Crippen LogP contribution in [0.1, 0.15) is 5.56 Å². The summed E-state index contributed by atoms with van der Waals surface area (Å²) in [5.41, 5.74) is 2.83. The summed E-state index contributed by atoms with van der Waals surface area (Å²) >= 11 is 5.48. The molecule has 0 aliphatic carbocycles. The molecular formula is C15H12BrIN2O3. The fraction of sp³-hybridized carbons (Fsp3) is 0.0667. The van der Waals surface area contributed by atoms with Crippen molar-refractivity contribution in [2.45, 2.75) is 0 Å². The predicted octanol–water partition coefficient (Wildman–Crippen LogP) is 3.29. The normalized spacial score (nSPS) is 10.6. The first-order chi connectivity index (χ1) is 10.5. The van der Waals surface area contributed by atoms with Gasteiger partial charge in [-0.25, -0.2) is 5.43 Å². The molecule has 0 saturated carbocycles. The average molecular weight is 475 g/mol. The summed E-state index contributed by atoms with van der Waals surface area (Å²) in [4.78, 5) is 11.6. The van der Waals surface area contributed by atoms with Crippen LogP contribution >= 0.6 is 38.5 Å². The maximum atomic E-state index is 11.6. The molecule has 0 saturated heterocycles. The van der Waals surface area contributed by atoms with Crippen molar-refractivity contribution in [2.24, 2.45) is 5.10 Å². The fourth-order valence-electron chi connectivity index (χ4n) is 1.51. The number of amides is 1. The molecule has 0 unspecified atom stereocenters. The fourth-order valence-corrected chi connectivity index (χ4v) is 2.25. The Bertz CT molecular complexity index is 690. The van der Waals surface area contributed by atoms with Gasteiger partial charge in [0.05, 0.1) is 6.21 Å². The molecule has 2 N–H and O–H groups in total. The number of ether oxygens (including phenoxy) is 1. The van der Waals surface area contributed by atoms with Crippen molar-refractivity contribution >= 4 is 50.6 Å². The summed E-state index contributed by atoms with van der Waals surface area (Å²) in [5.74, 6) is 0.310. The number of halogens is 2. The highest BCUT2D eigenvalue weighted by Crippen LogP contribution is 2.19.